The number of anilines is 1. The van der Waals surface area contributed by atoms with Crippen molar-refractivity contribution in [2.24, 2.45) is 0 Å². The third-order valence-electron chi connectivity index (χ3n) is 3.34. The van der Waals surface area contributed by atoms with Crippen LogP contribution in [0.3, 0.4) is 0 Å². The minimum Gasteiger partial charge on any atom is -0.472 e. The molecule has 0 aliphatic rings. The van der Waals surface area contributed by atoms with E-state index in [1.54, 1.807) is 47.0 Å². The van der Waals surface area contributed by atoms with Crippen LogP contribution in [0, 0.1) is 0 Å². The van der Waals surface area contributed by atoms with Crippen LogP contribution in [0.25, 0.3) is 0 Å². The normalized spacial score (nSPS) is 10.6. The van der Waals surface area contributed by atoms with Crippen LogP contribution in [0.1, 0.15) is 10.4 Å². The summed E-state index contributed by atoms with van der Waals surface area (Å²) in [6.07, 6.45) is 3.23. The van der Waals surface area contributed by atoms with Gasteiger partial charge < -0.3 is 14.6 Å². The first-order valence-electron chi connectivity index (χ1n) is 7.16. The minimum atomic E-state index is -0.219. The van der Waals surface area contributed by atoms with E-state index in [0.29, 0.717) is 28.8 Å². The number of rotatable bonds is 5. The molecule has 3 aromatic rings. The predicted molar refractivity (Wildman–Crippen MR) is 97.8 cm³/mol. The van der Waals surface area contributed by atoms with Crippen LogP contribution in [-0.4, -0.2) is 10.9 Å². The number of benzene rings is 1. The Morgan fingerprint density at radius 2 is 2.04 bits per heavy atom. The molecule has 0 spiro atoms. The second-order valence-corrected chi connectivity index (χ2v) is 6.97. The van der Waals surface area contributed by atoms with Crippen molar-refractivity contribution < 1.29 is 9.21 Å². The van der Waals surface area contributed by atoms with E-state index in [-0.39, 0.29) is 6.03 Å². The van der Waals surface area contributed by atoms with Gasteiger partial charge in [-0.3, -0.25) is 0 Å². The fraction of sp³-hybridized carbons (Fsp3) is 0.118. The molecule has 0 fully saturated rings. The van der Waals surface area contributed by atoms with Crippen molar-refractivity contribution in [3.8, 4) is 0 Å². The van der Waals surface area contributed by atoms with Crippen molar-refractivity contribution in [3.63, 3.8) is 0 Å². The van der Waals surface area contributed by atoms with E-state index < -0.39 is 0 Å². The van der Waals surface area contributed by atoms with E-state index in [1.807, 2.05) is 23.6 Å². The van der Waals surface area contributed by atoms with Crippen LogP contribution in [0.4, 0.5) is 10.5 Å². The molecule has 2 aromatic heterocycles. The van der Waals surface area contributed by atoms with Crippen LogP contribution in [0.5, 0.6) is 0 Å². The molecule has 0 atom stereocenters. The molecule has 0 bridgehead atoms. The number of hydrogen-bond acceptors (Lipinski definition) is 3. The molecule has 1 N–H and O–H groups in total. The molecule has 3 rings (SSSR count). The highest BCUT2D eigenvalue weighted by atomic mass is 35.5. The third-order valence-corrected chi connectivity index (χ3v) is 4.94. The van der Waals surface area contributed by atoms with Gasteiger partial charge in [0.25, 0.3) is 0 Å². The zero-order chi connectivity index (χ0) is 16.9. The third kappa shape index (κ3) is 4.32. The van der Waals surface area contributed by atoms with Crippen molar-refractivity contribution in [1.82, 2.24) is 4.90 Å². The Hall–Kier alpha value is -1.95. The SMILES string of the molecule is O=C(Nc1ccc(Cl)c(Cl)c1)N(Cc1ccoc1)Cc1cccs1. The molecule has 0 saturated carbocycles. The van der Waals surface area contributed by atoms with Crippen LogP contribution >= 0.6 is 34.5 Å². The summed E-state index contributed by atoms with van der Waals surface area (Å²) in [5, 5.41) is 5.69. The summed E-state index contributed by atoms with van der Waals surface area (Å²) >= 11 is 13.5. The molecule has 2 heterocycles. The largest absolute Gasteiger partial charge is 0.472 e. The lowest BCUT2D eigenvalue weighted by atomic mass is 10.3. The molecule has 124 valence electrons. The summed E-state index contributed by atoms with van der Waals surface area (Å²) < 4.78 is 5.09. The first-order valence-corrected chi connectivity index (χ1v) is 8.80. The maximum Gasteiger partial charge on any atom is 0.322 e. The Morgan fingerprint density at radius 3 is 2.71 bits per heavy atom. The van der Waals surface area contributed by atoms with Crippen molar-refractivity contribution in [2.45, 2.75) is 13.1 Å². The Morgan fingerprint density at radius 1 is 1.17 bits per heavy atom. The molecule has 1 aromatic carbocycles. The molecule has 2 amide bonds. The summed E-state index contributed by atoms with van der Waals surface area (Å²) in [6.45, 7) is 0.956. The first kappa shape index (κ1) is 16.9. The molecular formula is C17H14Cl2N2O2S. The van der Waals surface area contributed by atoms with E-state index >= 15 is 0 Å². The molecule has 0 aliphatic carbocycles. The molecular weight excluding hydrogens is 367 g/mol. The minimum absolute atomic E-state index is 0.219. The van der Waals surface area contributed by atoms with Gasteiger partial charge in [0.2, 0.25) is 0 Å². The quantitative estimate of drug-likeness (QED) is 0.600. The number of amides is 2. The standard InChI is InChI=1S/C17H14Cl2N2O2S/c18-15-4-3-13(8-16(15)19)20-17(22)21(9-12-5-6-23-11-12)10-14-2-1-7-24-14/h1-8,11H,9-10H2,(H,20,22). The Labute approximate surface area is 153 Å². The fourth-order valence-electron chi connectivity index (χ4n) is 2.17. The lowest BCUT2D eigenvalue weighted by molar-refractivity contribution is 0.207. The van der Waals surface area contributed by atoms with Gasteiger partial charge in [0.05, 0.1) is 35.7 Å². The molecule has 0 radical (unpaired) electrons. The molecule has 0 unspecified atom stereocenters. The maximum absolute atomic E-state index is 12.7. The number of hydrogen-bond donors (Lipinski definition) is 1. The van der Waals surface area contributed by atoms with Crippen molar-refractivity contribution in [2.75, 3.05) is 5.32 Å². The van der Waals surface area contributed by atoms with Gasteiger partial charge in [0, 0.05) is 16.1 Å². The number of thiophene rings is 1. The zero-order valence-electron chi connectivity index (χ0n) is 12.5. The van der Waals surface area contributed by atoms with Gasteiger partial charge in [-0.15, -0.1) is 11.3 Å². The number of carbonyl (C=O) groups excluding carboxylic acids is 1. The van der Waals surface area contributed by atoms with Crippen LogP contribution in [0.15, 0.2) is 58.7 Å². The lowest BCUT2D eigenvalue weighted by Crippen LogP contribution is -2.33. The summed E-state index contributed by atoms with van der Waals surface area (Å²) in [6, 6.07) is 10.6. The van der Waals surface area contributed by atoms with E-state index in [4.69, 9.17) is 27.6 Å². The summed E-state index contributed by atoms with van der Waals surface area (Å²) in [5.74, 6) is 0. The van der Waals surface area contributed by atoms with E-state index in [2.05, 4.69) is 5.32 Å². The number of nitrogens with one attached hydrogen (secondary N) is 1. The number of urea groups is 1. The predicted octanol–water partition coefficient (Wildman–Crippen LogP) is 5.88. The van der Waals surface area contributed by atoms with E-state index in [9.17, 15) is 4.79 Å². The van der Waals surface area contributed by atoms with Gasteiger partial charge in [0.1, 0.15) is 0 Å². The lowest BCUT2D eigenvalue weighted by Gasteiger charge is -2.22. The van der Waals surface area contributed by atoms with Gasteiger partial charge in [-0.1, -0.05) is 29.3 Å². The average molecular weight is 381 g/mol. The highest BCUT2D eigenvalue weighted by Crippen LogP contribution is 2.25. The fourth-order valence-corrected chi connectivity index (χ4v) is 3.19. The monoisotopic (exact) mass is 380 g/mol. The van der Waals surface area contributed by atoms with E-state index in [1.165, 1.54) is 0 Å². The highest BCUT2D eigenvalue weighted by molar-refractivity contribution is 7.09. The molecule has 0 saturated heterocycles. The van der Waals surface area contributed by atoms with Crippen LogP contribution < -0.4 is 5.32 Å². The zero-order valence-corrected chi connectivity index (χ0v) is 14.9. The second kappa shape index (κ2) is 7.75. The first-order chi connectivity index (χ1) is 11.6. The number of nitrogens with zero attached hydrogens (tertiary/aromatic N) is 1. The van der Waals surface area contributed by atoms with Crippen molar-refractivity contribution in [1.29, 1.82) is 0 Å². The van der Waals surface area contributed by atoms with Crippen molar-refractivity contribution in [3.05, 3.63) is 74.8 Å². The number of furan rings is 1. The Bertz CT molecular complexity index is 768. The summed E-state index contributed by atoms with van der Waals surface area (Å²) in [4.78, 5) is 15.5. The number of halogens is 2. The highest BCUT2D eigenvalue weighted by Gasteiger charge is 2.16. The molecule has 0 aliphatic heterocycles. The van der Waals surface area contributed by atoms with Crippen molar-refractivity contribution >= 4 is 46.3 Å². The Kier molecular flexibility index (Phi) is 5.45. The second-order valence-electron chi connectivity index (χ2n) is 5.13. The average Bonchev–Trinajstić information content (AvgIpc) is 3.24. The van der Waals surface area contributed by atoms with Gasteiger partial charge in [-0.05, 0) is 35.7 Å². The smallest absolute Gasteiger partial charge is 0.322 e. The number of carbonyl (C=O) groups is 1. The van der Waals surface area contributed by atoms with E-state index in [0.717, 1.165) is 10.4 Å². The van der Waals surface area contributed by atoms with Crippen LogP contribution in [0.2, 0.25) is 10.0 Å². The topological polar surface area (TPSA) is 45.5 Å². The molecule has 4 nitrogen and oxygen atoms in total. The molecule has 24 heavy (non-hydrogen) atoms. The van der Waals surface area contributed by atoms with Gasteiger partial charge in [-0.2, -0.15) is 0 Å². The maximum atomic E-state index is 12.7. The summed E-state index contributed by atoms with van der Waals surface area (Å²) in [7, 11) is 0. The molecule has 7 heteroatoms. The van der Waals surface area contributed by atoms with Crippen LogP contribution in [-0.2, 0) is 13.1 Å². The van der Waals surface area contributed by atoms with Gasteiger partial charge >= 0.3 is 6.03 Å². The Balaban J connectivity index is 1.75. The van der Waals surface area contributed by atoms with Gasteiger partial charge in [-0.25, -0.2) is 4.79 Å². The van der Waals surface area contributed by atoms with Gasteiger partial charge in [0.15, 0.2) is 0 Å². The summed E-state index contributed by atoms with van der Waals surface area (Å²) in [5.41, 5.74) is 1.52.